The maximum Gasteiger partial charge on any atom is -0.0141 e. The van der Waals surface area contributed by atoms with Crippen molar-refractivity contribution < 1.29 is 0 Å². The summed E-state index contributed by atoms with van der Waals surface area (Å²) in [7, 11) is 0. The molecule has 0 heteroatoms. The summed E-state index contributed by atoms with van der Waals surface area (Å²) in [6.45, 7) is 11.8. The van der Waals surface area contributed by atoms with E-state index in [0.717, 1.165) is 12.8 Å². The lowest BCUT2D eigenvalue weighted by Crippen LogP contribution is -1.75. The van der Waals surface area contributed by atoms with Crippen LogP contribution >= 0.6 is 0 Å². The lowest BCUT2D eigenvalue weighted by atomic mass is 10.1. The summed E-state index contributed by atoms with van der Waals surface area (Å²) >= 11 is 0. The number of hydrogen-bond acceptors (Lipinski definition) is 0. The maximum atomic E-state index is 3.88. The van der Waals surface area contributed by atoms with Crippen LogP contribution in [0.4, 0.5) is 0 Å². The molecule has 0 aromatic heterocycles. The second-order valence-corrected chi connectivity index (χ2v) is 2.50. The molecule has 10 heavy (non-hydrogen) atoms. The van der Waals surface area contributed by atoms with Gasteiger partial charge in [-0.3, -0.25) is 0 Å². The van der Waals surface area contributed by atoms with Gasteiger partial charge in [0, 0.05) is 0 Å². The molecule has 0 unspecified atom stereocenters. The van der Waals surface area contributed by atoms with E-state index in [0.29, 0.717) is 0 Å². The molecule has 0 saturated carbocycles. The summed E-state index contributed by atoms with van der Waals surface area (Å²) in [5, 5.41) is 0. The molecule has 0 nitrogen and oxygen atoms in total. The van der Waals surface area contributed by atoms with Crippen LogP contribution in [0.1, 0.15) is 26.7 Å². The number of rotatable bonds is 4. The van der Waals surface area contributed by atoms with Crippen molar-refractivity contribution in [3.8, 4) is 0 Å². The first-order chi connectivity index (χ1) is 4.70. The van der Waals surface area contributed by atoms with Crippen LogP contribution in [-0.2, 0) is 0 Å². The highest BCUT2D eigenvalue weighted by Gasteiger charge is 1.86. The van der Waals surface area contributed by atoms with E-state index < -0.39 is 0 Å². The molecule has 0 N–H and O–H groups in total. The molecule has 0 heterocycles. The molecular weight excluding hydrogens is 120 g/mol. The quantitative estimate of drug-likeness (QED) is 0.410. The molecule has 0 aliphatic heterocycles. The molecule has 0 aliphatic carbocycles. The van der Waals surface area contributed by atoms with Crippen LogP contribution < -0.4 is 0 Å². The number of allylic oxidation sites excluding steroid dienone is 4. The average Bonchev–Trinajstić information content (AvgIpc) is 1.88. The zero-order valence-corrected chi connectivity index (χ0v) is 6.98. The van der Waals surface area contributed by atoms with Gasteiger partial charge in [0.1, 0.15) is 0 Å². The zero-order valence-electron chi connectivity index (χ0n) is 6.98. The van der Waals surface area contributed by atoms with Crippen molar-refractivity contribution in [1.29, 1.82) is 0 Å². The van der Waals surface area contributed by atoms with Gasteiger partial charge in [0.25, 0.3) is 0 Å². The smallest absolute Gasteiger partial charge is 0.0141 e. The molecule has 0 amide bonds. The topological polar surface area (TPSA) is 0 Å². The first kappa shape index (κ1) is 9.22. The van der Waals surface area contributed by atoms with Gasteiger partial charge in [-0.15, -0.1) is 6.58 Å². The van der Waals surface area contributed by atoms with Gasteiger partial charge in [-0.1, -0.05) is 36.8 Å². The molecular formula is C10H16. The Bertz CT molecular complexity index is 149. The van der Waals surface area contributed by atoms with E-state index in [4.69, 9.17) is 0 Å². The van der Waals surface area contributed by atoms with Crippen molar-refractivity contribution in [2.45, 2.75) is 26.7 Å². The van der Waals surface area contributed by atoms with Crippen LogP contribution in [0.15, 0.2) is 36.5 Å². The van der Waals surface area contributed by atoms with Crippen molar-refractivity contribution in [3.63, 3.8) is 0 Å². The molecule has 56 valence electrons. The lowest BCUT2D eigenvalue weighted by Gasteiger charge is -1.96. The standard InChI is InChI=1S/C10H16/c1-5-7-10(4)8-9(3)6-2/h5,8H,1,3,6-7H2,2,4H3/b10-8-. The van der Waals surface area contributed by atoms with Crippen LogP contribution in [0.25, 0.3) is 0 Å². The molecule has 0 atom stereocenters. The molecule has 0 rings (SSSR count). The Kier molecular flexibility index (Phi) is 4.65. The first-order valence-corrected chi connectivity index (χ1v) is 3.66. The lowest BCUT2D eigenvalue weighted by molar-refractivity contribution is 1.12. The third kappa shape index (κ3) is 4.13. The summed E-state index contributed by atoms with van der Waals surface area (Å²) in [5.74, 6) is 0. The first-order valence-electron chi connectivity index (χ1n) is 3.66. The minimum atomic E-state index is 0.971. The average molecular weight is 136 g/mol. The normalized spacial score (nSPS) is 11.2. The van der Waals surface area contributed by atoms with Crippen molar-refractivity contribution in [2.24, 2.45) is 0 Å². The fraction of sp³-hybridized carbons (Fsp3) is 0.400. The Morgan fingerprint density at radius 2 is 2.10 bits per heavy atom. The highest BCUT2D eigenvalue weighted by molar-refractivity contribution is 5.20. The van der Waals surface area contributed by atoms with E-state index in [1.54, 1.807) is 0 Å². The van der Waals surface area contributed by atoms with Gasteiger partial charge in [0.15, 0.2) is 0 Å². The zero-order chi connectivity index (χ0) is 7.98. The van der Waals surface area contributed by atoms with Gasteiger partial charge in [-0.25, -0.2) is 0 Å². The van der Waals surface area contributed by atoms with E-state index in [1.807, 2.05) is 6.08 Å². The highest BCUT2D eigenvalue weighted by Crippen LogP contribution is 2.06. The van der Waals surface area contributed by atoms with Crippen molar-refractivity contribution in [2.75, 3.05) is 0 Å². The largest absolute Gasteiger partial charge is 0.103 e. The number of hydrogen-bond donors (Lipinski definition) is 0. The third-order valence-corrected chi connectivity index (χ3v) is 1.37. The minimum Gasteiger partial charge on any atom is -0.103 e. The van der Waals surface area contributed by atoms with Gasteiger partial charge in [0.2, 0.25) is 0 Å². The Morgan fingerprint density at radius 1 is 1.50 bits per heavy atom. The fourth-order valence-corrected chi connectivity index (χ4v) is 0.737. The molecule has 0 aliphatic rings. The molecule has 0 aromatic carbocycles. The molecule has 0 saturated heterocycles. The van der Waals surface area contributed by atoms with Crippen LogP contribution in [0.3, 0.4) is 0 Å². The van der Waals surface area contributed by atoms with Crippen LogP contribution in [0.2, 0.25) is 0 Å². The summed E-state index contributed by atoms with van der Waals surface area (Å²) in [6.07, 6.45) is 6.05. The van der Waals surface area contributed by atoms with E-state index in [1.165, 1.54) is 11.1 Å². The van der Waals surface area contributed by atoms with E-state index in [2.05, 4.69) is 33.1 Å². The predicted molar refractivity (Wildman–Crippen MR) is 48.0 cm³/mol. The Morgan fingerprint density at radius 3 is 2.50 bits per heavy atom. The Hall–Kier alpha value is -0.780. The molecule has 0 bridgehead atoms. The molecule has 0 spiro atoms. The summed E-state index contributed by atoms with van der Waals surface area (Å²) < 4.78 is 0. The summed E-state index contributed by atoms with van der Waals surface area (Å²) in [4.78, 5) is 0. The Labute approximate surface area is 64.0 Å². The molecule has 0 fully saturated rings. The minimum absolute atomic E-state index is 0.971. The molecule has 0 aromatic rings. The van der Waals surface area contributed by atoms with E-state index in [9.17, 15) is 0 Å². The second-order valence-electron chi connectivity index (χ2n) is 2.50. The van der Waals surface area contributed by atoms with Crippen LogP contribution in [-0.4, -0.2) is 0 Å². The maximum absolute atomic E-state index is 3.88. The Balaban J connectivity index is 3.88. The summed E-state index contributed by atoms with van der Waals surface area (Å²) in [5.41, 5.74) is 2.53. The van der Waals surface area contributed by atoms with Crippen molar-refractivity contribution >= 4 is 0 Å². The van der Waals surface area contributed by atoms with Crippen LogP contribution in [0.5, 0.6) is 0 Å². The molecule has 0 radical (unpaired) electrons. The fourth-order valence-electron chi connectivity index (χ4n) is 0.737. The second kappa shape index (κ2) is 5.04. The monoisotopic (exact) mass is 136 g/mol. The SMILES string of the molecule is C=CC/C(C)=C\C(=C)CC. The van der Waals surface area contributed by atoms with Gasteiger partial charge >= 0.3 is 0 Å². The predicted octanol–water partition coefficient (Wildman–Crippen LogP) is 3.48. The van der Waals surface area contributed by atoms with Gasteiger partial charge in [0.05, 0.1) is 0 Å². The van der Waals surface area contributed by atoms with Gasteiger partial charge < -0.3 is 0 Å². The third-order valence-electron chi connectivity index (χ3n) is 1.37. The highest BCUT2D eigenvalue weighted by atomic mass is 13.9. The summed E-state index contributed by atoms with van der Waals surface area (Å²) in [6, 6.07) is 0. The van der Waals surface area contributed by atoms with Crippen molar-refractivity contribution in [3.05, 3.63) is 36.5 Å². The van der Waals surface area contributed by atoms with Gasteiger partial charge in [-0.2, -0.15) is 0 Å². The van der Waals surface area contributed by atoms with E-state index >= 15 is 0 Å². The van der Waals surface area contributed by atoms with Gasteiger partial charge in [-0.05, 0) is 19.8 Å². The van der Waals surface area contributed by atoms with E-state index in [-0.39, 0.29) is 0 Å². The van der Waals surface area contributed by atoms with Crippen molar-refractivity contribution in [1.82, 2.24) is 0 Å². The van der Waals surface area contributed by atoms with Crippen LogP contribution in [0, 0.1) is 0 Å².